The molecule has 6 heteroatoms. The lowest BCUT2D eigenvalue weighted by Gasteiger charge is -2.36. The van der Waals surface area contributed by atoms with Gasteiger partial charge in [-0.05, 0) is 76.1 Å². The van der Waals surface area contributed by atoms with Gasteiger partial charge in [0.15, 0.2) is 0 Å². The summed E-state index contributed by atoms with van der Waals surface area (Å²) in [5.74, 6) is -0.832. The summed E-state index contributed by atoms with van der Waals surface area (Å²) < 4.78 is 5.64. The highest BCUT2D eigenvalue weighted by molar-refractivity contribution is 5.98. The van der Waals surface area contributed by atoms with Crippen molar-refractivity contribution in [3.8, 4) is 0 Å². The van der Waals surface area contributed by atoms with E-state index in [-0.39, 0.29) is 30.2 Å². The van der Waals surface area contributed by atoms with Crippen LogP contribution < -0.4 is 5.32 Å². The van der Waals surface area contributed by atoms with E-state index in [0.717, 1.165) is 51.5 Å². The first-order valence-electron chi connectivity index (χ1n) is 10.9. The van der Waals surface area contributed by atoms with Crippen molar-refractivity contribution in [2.75, 3.05) is 11.9 Å². The molecule has 0 bridgehead atoms. The Hall–Kier alpha value is -2.37. The number of rotatable bonds is 3. The average molecular weight is 399 g/mol. The quantitative estimate of drug-likeness (QED) is 0.784. The summed E-state index contributed by atoms with van der Waals surface area (Å²) in [7, 11) is 0. The monoisotopic (exact) mass is 398 g/mol. The zero-order chi connectivity index (χ0) is 20.4. The number of piperidine rings is 1. The summed E-state index contributed by atoms with van der Waals surface area (Å²) in [6.45, 7) is 2.90. The Morgan fingerprint density at radius 3 is 2.48 bits per heavy atom. The molecule has 1 N–H and O–H groups in total. The van der Waals surface area contributed by atoms with Gasteiger partial charge in [0.25, 0.3) is 5.91 Å². The summed E-state index contributed by atoms with van der Waals surface area (Å²) in [5, 5.41) is 2.93. The first-order valence-corrected chi connectivity index (χ1v) is 10.9. The molecule has 2 amide bonds. The molecule has 1 saturated carbocycles. The van der Waals surface area contributed by atoms with E-state index in [1.54, 1.807) is 24.3 Å². The van der Waals surface area contributed by atoms with Crippen LogP contribution in [0.2, 0.25) is 0 Å². The van der Waals surface area contributed by atoms with Crippen LogP contribution >= 0.6 is 0 Å². The van der Waals surface area contributed by atoms with Gasteiger partial charge in [-0.15, -0.1) is 0 Å². The van der Waals surface area contributed by atoms with E-state index in [1.807, 2.05) is 4.90 Å². The molecule has 1 aromatic rings. The van der Waals surface area contributed by atoms with Crippen LogP contribution in [0.1, 0.15) is 75.1 Å². The van der Waals surface area contributed by atoms with Gasteiger partial charge in [0, 0.05) is 23.8 Å². The minimum absolute atomic E-state index is 0.0472. The Labute approximate surface area is 172 Å². The maximum Gasteiger partial charge on any atom is 0.307 e. The molecular weight excluding hydrogens is 368 g/mol. The molecule has 2 aliphatic heterocycles. The predicted octanol–water partition coefficient (Wildman–Crippen LogP) is 3.91. The van der Waals surface area contributed by atoms with Gasteiger partial charge in [-0.1, -0.05) is 6.42 Å². The van der Waals surface area contributed by atoms with Crippen molar-refractivity contribution in [2.45, 2.75) is 76.4 Å². The molecule has 3 aliphatic rings. The highest BCUT2D eigenvalue weighted by Crippen LogP contribution is 2.44. The molecule has 4 rings (SSSR count). The number of anilines is 1. The highest BCUT2D eigenvalue weighted by atomic mass is 16.6. The number of likely N-dealkylation sites (tertiary alicyclic amines) is 1. The lowest BCUT2D eigenvalue weighted by atomic mass is 9.75. The van der Waals surface area contributed by atoms with Crippen LogP contribution in [0.15, 0.2) is 24.3 Å². The fourth-order valence-electron chi connectivity index (χ4n) is 5.12. The van der Waals surface area contributed by atoms with E-state index in [2.05, 4.69) is 12.2 Å². The Morgan fingerprint density at radius 2 is 1.79 bits per heavy atom. The molecule has 2 saturated heterocycles. The maximum atomic E-state index is 12.9. The maximum absolute atomic E-state index is 12.9. The number of nitrogens with zero attached hydrogens (tertiary/aromatic N) is 1. The van der Waals surface area contributed by atoms with E-state index in [1.165, 1.54) is 6.42 Å². The summed E-state index contributed by atoms with van der Waals surface area (Å²) in [4.78, 5) is 39.6. The van der Waals surface area contributed by atoms with Crippen LogP contribution in [-0.2, 0) is 14.3 Å². The van der Waals surface area contributed by atoms with Gasteiger partial charge in [0.2, 0.25) is 5.91 Å². The molecule has 1 spiro atoms. The number of esters is 1. The largest absolute Gasteiger partial charge is 0.458 e. The zero-order valence-electron chi connectivity index (χ0n) is 17.1. The van der Waals surface area contributed by atoms with Crippen LogP contribution in [-0.4, -0.2) is 40.9 Å². The first kappa shape index (κ1) is 19.9. The van der Waals surface area contributed by atoms with Gasteiger partial charge in [0.05, 0.1) is 12.3 Å². The van der Waals surface area contributed by atoms with E-state index in [9.17, 15) is 14.4 Å². The smallest absolute Gasteiger partial charge is 0.307 e. The summed E-state index contributed by atoms with van der Waals surface area (Å²) in [6.07, 6.45) is 8.04. The minimum Gasteiger partial charge on any atom is -0.458 e. The SMILES string of the molecule is C[C@@H]1CCCCN1C(=O)c1ccc(NC(=O)[C@H]2CC(=O)OC23CCCCC3)cc1. The number of ether oxygens (including phenoxy) is 1. The molecular formula is C23H30N2O4. The Morgan fingerprint density at radius 1 is 1.07 bits per heavy atom. The molecule has 0 aromatic heterocycles. The van der Waals surface area contributed by atoms with Crippen LogP contribution in [0.3, 0.4) is 0 Å². The summed E-state index contributed by atoms with van der Waals surface area (Å²) >= 11 is 0. The van der Waals surface area contributed by atoms with Crippen LogP contribution in [0, 0.1) is 5.92 Å². The minimum atomic E-state index is -0.625. The zero-order valence-corrected chi connectivity index (χ0v) is 17.1. The summed E-state index contributed by atoms with van der Waals surface area (Å²) in [5.41, 5.74) is 0.656. The molecule has 1 aromatic carbocycles. The molecule has 29 heavy (non-hydrogen) atoms. The molecule has 1 aliphatic carbocycles. The molecule has 156 valence electrons. The Balaban J connectivity index is 1.42. The topological polar surface area (TPSA) is 75.7 Å². The normalized spacial score (nSPS) is 26.2. The number of benzene rings is 1. The van der Waals surface area contributed by atoms with Crippen molar-refractivity contribution in [1.29, 1.82) is 0 Å². The van der Waals surface area contributed by atoms with Crippen LogP contribution in [0.5, 0.6) is 0 Å². The number of hydrogen-bond donors (Lipinski definition) is 1. The molecule has 0 radical (unpaired) electrons. The van der Waals surface area contributed by atoms with Gasteiger partial charge in [0.1, 0.15) is 5.60 Å². The van der Waals surface area contributed by atoms with Gasteiger partial charge in [-0.25, -0.2) is 0 Å². The number of hydrogen-bond acceptors (Lipinski definition) is 4. The predicted molar refractivity (Wildman–Crippen MR) is 109 cm³/mol. The molecule has 6 nitrogen and oxygen atoms in total. The average Bonchev–Trinajstić information content (AvgIpc) is 3.04. The van der Waals surface area contributed by atoms with Crippen molar-refractivity contribution in [3.05, 3.63) is 29.8 Å². The second kappa shape index (κ2) is 8.17. The number of carbonyl (C=O) groups excluding carboxylic acids is 3. The number of nitrogens with one attached hydrogen (secondary N) is 1. The lowest BCUT2D eigenvalue weighted by Crippen LogP contribution is -2.43. The molecule has 3 fully saturated rings. The van der Waals surface area contributed by atoms with E-state index in [0.29, 0.717) is 11.3 Å². The van der Waals surface area contributed by atoms with Crippen LogP contribution in [0.25, 0.3) is 0 Å². The van der Waals surface area contributed by atoms with Crippen molar-refractivity contribution in [2.24, 2.45) is 5.92 Å². The summed E-state index contributed by atoms with van der Waals surface area (Å²) in [6, 6.07) is 7.34. The highest BCUT2D eigenvalue weighted by Gasteiger charge is 2.52. The Kier molecular flexibility index (Phi) is 5.61. The third-order valence-corrected chi connectivity index (χ3v) is 6.80. The van der Waals surface area contributed by atoms with Gasteiger partial charge in [-0.3, -0.25) is 14.4 Å². The second-order valence-corrected chi connectivity index (χ2v) is 8.77. The Bertz CT molecular complexity index is 783. The van der Waals surface area contributed by atoms with Crippen molar-refractivity contribution < 1.29 is 19.1 Å². The van der Waals surface area contributed by atoms with Gasteiger partial charge >= 0.3 is 5.97 Å². The van der Waals surface area contributed by atoms with Crippen molar-refractivity contribution >= 4 is 23.5 Å². The standard InChI is InChI=1S/C23H30N2O4/c1-16-7-3-6-14-25(16)22(28)17-8-10-18(11-9-17)24-21(27)19-15-20(26)29-23(19)12-4-2-5-13-23/h8-11,16,19H,2-7,12-15H2,1H3,(H,24,27)/t16-,19-/m1/s1. The molecule has 2 heterocycles. The first-order chi connectivity index (χ1) is 14.0. The lowest BCUT2D eigenvalue weighted by molar-refractivity contribution is -0.153. The molecule has 0 unspecified atom stereocenters. The van der Waals surface area contributed by atoms with E-state index >= 15 is 0 Å². The fourth-order valence-corrected chi connectivity index (χ4v) is 5.12. The number of amides is 2. The number of carbonyl (C=O) groups is 3. The van der Waals surface area contributed by atoms with Gasteiger partial charge < -0.3 is 15.0 Å². The molecule has 2 atom stereocenters. The van der Waals surface area contributed by atoms with E-state index < -0.39 is 11.5 Å². The van der Waals surface area contributed by atoms with Crippen molar-refractivity contribution in [3.63, 3.8) is 0 Å². The second-order valence-electron chi connectivity index (χ2n) is 8.77. The van der Waals surface area contributed by atoms with Crippen LogP contribution in [0.4, 0.5) is 5.69 Å². The third-order valence-electron chi connectivity index (χ3n) is 6.80. The fraction of sp³-hybridized carbons (Fsp3) is 0.609. The van der Waals surface area contributed by atoms with Crippen molar-refractivity contribution in [1.82, 2.24) is 4.90 Å². The third kappa shape index (κ3) is 4.02. The van der Waals surface area contributed by atoms with E-state index in [4.69, 9.17) is 4.74 Å². The van der Waals surface area contributed by atoms with Gasteiger partial charge in [-0.2, -0.15) is 0 Å².